The molecule has 2 aromatic carbocycles. The van der Waals surface area contributed by atoms with Gasteiger partial charge in [-0.3, -0.25) is 4.90 Å². The van der Waals surface area contributed by atoms with Crippen molar-refractivity contribution >= 4 is 17.1 Å². The highest BCUT2D eigenvalue weighted by atomic mass is 16.5. The van der Waals surface area contributed by atoms with Gasteiger partial charge in [0, 0.05) is 62.9 Å². The standard InChI is InChI=1S/C21H28N4O/c22-19-3-7-21(8-4-19)25-11-9-24(10-12-25)20-5-1-18(2-6-20)17-23-13-15-26-16-14-23/h1-8H,9-17,22H2. The van der Waals surface area contributed by atoms with E-state index in [1.54, 1.807) is 0 Å². The zero-order valence-electron chi connectivity index (χ0n) is 15.3. The monoisotopic (exact) mass is 352 g/mol. The summed E-state index contributed by atoms with van der Waals surface area (Å²) in [7, 11) is 0. The van der Waals surface area contributed by atoms with Crippen molar-refractivity contribution in [2.75, 3.05) is 68.0 Å². The normalized spacial score (nSPS) is 18.9. The van der Waals surface area contributed by atoms with Crippen molar-refractivity contribution < 1.29 is 4.74 Å². The second kappa shape index (κ2) is 7.98. The molecule has 26 heavy (non-hydrogen) atoms. The lowest BCUT2D eigenvalue weighted by Gasteiger charge is -2.37. The Morgan fingerprint density at radius 1 is 0.692 bits per heavy atom. The molecule has 2 aliphatic heterocycles. The molecule has 2 heterocycles. The van der Waals surface area contributed by atoms with E-state index >= 15 is 0 Å². The molecule has 5 nitrogen and oxygen atoms in total. The van der Waals surface area contributed by atoms with E-state index in [1.165, 1.54) is 16.9 Å². The number of anilines is 3. The van der Waals surface area contributed by atoms with Crippen molar-refractivity contribution in [2.24, 2.45) is 0 Å². The number of ether oxygens (including phenoxy) is 1. The lowest BCUT2D eigenvalue weighted by Crippen LogP contribution is -2.46. The highest BCUT2D eigenvalue weighted by Gasteiger charge is 2.18. The van der Waals surface area contributed by atoms with Gasteiger partial charge < -0.3 is 20.3 Å². The van der Waals surface area contributed by atoms with Crippen LogP contribution in [0, 0.1) is 0 Å². The maximum atomic E-state index is 5.79. The van der Waals surface area contributed by atoms with Gasteiger partial charge in [-0.15, -0.1) is 0 Å². The Balaban J connectivity index is 1.31. The Morgan fingerprint density at radius 3 is 1.73 bits per heavy atom. The van der Waals surface area contributed by atoms with Crippen LogP contribution < -0.4 is 15.5 Å². The van der Waals surface area contributed by atoms with Gasteiger partial charge in [0.1, 0.15) is 0 Å². The minimum absolute atomic E-state index is 0.824. The fourth-order valence-corrected chi connectivity index (χ4v) is 3.74. The molecule has 2 fully saturated rings. The Bertz CT molecular complexity index is 687. The third-order valence-corrected chi connectivity index (χ3v) is 5.35. The molecule has 2 aliphatic rings. The minimum Gasteiger partial charge on any atom is -0.399 e. The second-order valence-electron chi connectivity index (χ2n) is 7.12. The lowest BCUT2D eigenvalue weighted by molar-refractivity contribution is 0.0342. The summed E-state index contributed by atoms with van der Waals surface area (Å²) in [6.45, 7) is 8.99. The fourth-order valence-electron chi connectivity index (χ4n) is 3.74. The van der Waals surface area contributed by atoms with Gasteiger partial charge in [-0.25, -0.2) is 0 Å². The van der Waals surface area contributed by atoms with Gasteiger partial charge in [0.25, 0.3) is 0 Å². The summed E-state index contributed by atoms with van der Waals surface area (Å²) in [4.78, 5) is 7.37. The van der Waals surface area contributed by atoms with E-state index in [4.69, 9.17) is 10.5 Å². The zero-order chi connectivity index (χ0) is 17.8. The van der Waals surface area contributed by atoms with Gasteiger partial charge in [-0.2, -0.15) is 0 Å². The van der Waals surface area contributed by atoms with Gasteiger partial charge in [0.15, 0.2) is 0 Å². The van der Waals surface area contributed by atoms with Crippen molar-refractivity contribution in [3.05, 3.63) is 54.1 Å². The maximum absolute atomic E-state index is 5.79. The van der Waals surface area contributed by atoms with Gasteiger partial charge in [-0.1, -0.05) is 12.1 Å². The number of nitrogens with zero attached hydrogens (tertiary/aromatic N) is 3. The Morgan fingerprint density at radius 2 is 1.19 bits per heavy atom. The predicted octanol–water partition coefficient (Wildman–Crippen LogP) is 2.43. The molecule has 138 valence electrons. The number of hydrogen-bond donors (Lipinski definition) is 1. The van der Waals surface area contributed by atoms with Crippen molar-refractivity contribution in [2.45, 2.75) is 6.54 Å². The molecule has 4 rings (SSSR count). The largest absolute Gasteiger partial charge is 0.399 e. The summed E-state index contributed by atoms with van der Waals surface area (Å²) in [5, 5.41) is 0. The molecule has 2 saturated heterocycles. The van der Waals surface area contributed by atoms with Crippen LogP contribution >= 0.6 is 0 Å². The highest BCUT2D eigenvalue weighted by molar-refractivity contribution is 5.55. The SMILES string of the molecule is Nc1ccc(N2CCN(c3ccc(CN4CCOCC4)cc3)CC2)cc1. The van der Waals surface area contributed by atoms with Crippen molar-refractivity contribution in [3.8, 4) is 0 Å². The number of nitrogen functional groups attached to an aromatic ring is 1. The number of hydrogen-bond acceptors (Lipinski definition) is 5. The summed E-state index contributed by atoms with van der Waals surface area (Å²) in [5.41, 5.74) is 10.6. The van der Waals surface area contributed by atoms with Crippen LogP contribution in [-0.4, -0.2) is 57.4 Å². The quantitative estimate of drug-likeness (QED) is 0.857. The molecular formula is C21H28N4O. The summed E-state index contributed by atoms with van der Waals surface area (Å²) in [5.74, 6) is 0. The third-order valence-electron chi connectivity index (χ3n) is 5.35. The Hall–Kier alpha value is -2.24. The Kier molecular flexibility index (Phi) is 5.27. The number of nitrogens with two attached hydrogens (primary N) is 1. The summed E-state index contributed by atoms with van der Waals surface area (Å²) in [6.07, 6.45) is 0. The molecule has 2 aromatic rings. The number of piperazine rings is 1. The average molecular weight is 352 g/mol. The van der Waals surface area contributed by atoms with Crippen LogP contribution in [0.5, 0.6) is 0 Å². The molecule has 0 aromatic heterocycles. The molecule has 0 bridgehead atoms. The van der Waals surface area contributed by atoms with Crippen LogP contribution in [0.3, 0.4) is 0 Å². The fraction of sp³-hybridized carbons (Fsp3) is 0.429. The third kappa shape index (κ3) is 4.11. The first kappa shape index (κ1) is 17.2. The molecule has 0 atom stereocenters. The average Bonchev–Trinajstić information content (AvgIpc) is 2.70. The van der Waals surface area contributed by atoms with E-state index in [-0.39, 0.29) is 0 Å². The van der Waals surface area contributed by atoms with Gasteiger partial charge in [0.2, 0.25) is 0 Å². The summed E-state index contributed by atoms with van der Waals surface area (Å²) < 4.78 is 5.42. The van der Waals surface area contributed by atoms with Crippen LogP contribution in [0.15, 0.2) is 48.5 Å². The van der Waals surface area contributed by atoms with Crippen molar-refractivity contribution in [1.29, 1.82) is 0 Å². The van der Waals surface area contributed by atoms with E-state index in [2.05, 4.69) is 51.1 Å². The molecule has 0 unspecified atom stereocenters. The molecule has 0 aliphatic carbocycles. The first-order valence-corrected chi connectivity index (χ1v) is 9.52. The molecule has 5 heteroatoms. The first-order valence-electron chi connectivity index (χ1n) is 9.52. The lowest BCUT2D eigenvalue weighted by atomic mass is 10.1. The number of benzene rings is 2. The molecular weight excluding hydrogens is 324 g/mol. The van der Waals surface area contributed by atoms with E-state index < -0.39 is 0 Å². The van der Waals surface area contributed by atoms with E-state index in [1.807, 2.05) is 12.1 Å². The van der Waals surface area contributed by atoms with Gasteiger partial charge >= 0.3 is 0 Å². The van der Waals surface area contributed by atoms with Crippen LogP contribution in [0.25, 0.3) is 0 Å². The number of rotatable bonds is 4. The van der Waals surface area contributed by atoms with Gasteiger partial charge in [0.05, 0.1) is 13.2 Å². The maximum Gasteiger partial charge on any atom is 0.0594 e. The van der Waals surface area contributed by atoms with E-state index in [0.717, 1.165) is 64.7 Å². The molecule has 0 saturated carbocycles. The van der Waals surface area contributed by atoms with Crippen LogP contribution in [0.4, 0.5) is 17.1 Å². The van der Waals surface area contributed by atoms with Crippen molar-refractivity contribution in [3.63, 3.8) is 0 Å². The van der Waals surface area contributed by atoms with Crippen LogP contribution in [0.2, 0.25) is 0 Å². The second-order valence-corrected chi connectivity index (χ2v) is 7.12. The van der Waals surface area contributed by atoms with Crippen LogP contribution in [0.1, 0.15) is 5.56 Å². The van der Waals surface area contributed by atoms with E-state index in [0.29, 0.717) is 0 Å². The Labute approximate surface area is 155 Å². The van der Waals surface area contributed by atoms with Gasteiger partial charge in [-0.05, 0) is 42.0 Å². The molecule has 0 spiro atoms. The highest BCUT2D eigenvalue weighted by Crippen LogP contribution is 2.22. The van der Waals surface area contributed by atoms with E-state index in [9.17, 15) is 0 Å². The first-order chi connectivity index (χ1) is 12.8. The smallest absolute Gasteiger partial charge is 0.0594 e. The predicted molar refractivity (Wildman–Crippen MR) is 108 cm³/mol. The topological polar surface area (TPSA) is 45.0 Å². The summed E-state index contributed by atoms with van der Waals surface area (Å²) in [6, 6.07) is 17.3. The zero-order valence-corrected chi connectivity index (χ0v) is 15.3. The van der Waals surface area contributed by atoms with Crippen molar-refractivity contribution in [1.82, 2.24) is 4.90 Å². The van der Waals surface area contributed by atoms with Crippen LogP contribution in [-0.2, 0) is 11.3 Å². The minimum atomic E-state index is 0.824. The molecule has 0 radical (unpaired) electrons. The summed E-state index contributed by atoms with van der Waals surface area (Å²) >= 11 is 0. The molecule has 2 N–H and O–H groups in total. The molecule has 0 amide bonds. The number of morpholine rings is 1.